The van der Waals surface area contributed by atoms with Crippen LogP contribution in [0.25, 0.3) is 0 Å². The van der Waals surface area contributed by atoms with Gasteiger partial charge in [0.2, 0.25) is 5.91 Å². The number of aromatic nitrogens is 1. The second-order valence-electron chi connectivity index (χ2n) is 16.5. The standard InChI is InChI=1S/C43H68N6O8S/c1-10-12-15-22-56-49(41(53)37(28(5)11-2)48-38(51)33-16-13-14-21-45-33)35(27(3)4)24-36(57-29(6)50)40-47-34(26-58-40)39(52)46-32(25-43(7,8)42(54)55)23-30-17-19-31(44-9)20-18-30/h17-20,26-28,32-33,35-37,44-45H,10-16,21-25H2,1-9H3,(H,46,52)(H,48,51)(H,54,55)/t28-,32-,33+,35+,36+,37-/m0/s1. The van der Waals surface area contributed by atoms with Crippen LogP contribution in [0.3, 0.4) is 0 Å². The molecule has 0 saturated carbocycles. The van der Waals surface area contributed by atoms with Crippen LogP contribution in [-0.4, -0.2) is 89.2 Å². The Morgan fingerprint density at radius 2 is 1.76 bits per heavy atom. The van der Waals surface area contributed by atoms with Crippen molar-refractivity contribution in [3.05, 3.63) is 45.9 Å². The maximum Gasteiger partial charge on any atom is 0.309 e. The van der Waals surface area contributed by atoms with E-state index in [9.17, 15) is 29.1 Å². The van der Waals surface area contributed by atoms with Gasteiger partial charge >= 0.3 is 11.9 Å². The highest BCUT2D eigenvalue weighted by atomic mass is 32.1. The van der Waals surface area contributed by atoms with E-state index in [0.29, 0.717) is 24.3 Å². The molecule has 15 heteroatoms. The van der Waals surface area contributed by atoms with E-state index in [-0.39, 0.29) is 54.8 Å². The van der Waals surface area contributed by atoms with Crippen molar-refractivity contribution in [2.75, 3.05) is 25.5 Å². The maximum atomic E-state index is 14.7. The summed E-state index contributed by atoms with van der Waals surface area (Å²) in [4.78, 5) is 77.6. The summed E-state index contributed by atoms with van der Waals surface area (Å²) in [6.45, 7) is 15.5. The van der Waals surface area contributed by atoms with Crippen LogP contribution in [0.1, 0.15) is 140 Å². The lowest BCUT2D eigenvalue weighted by Crippen LogP contribution is -2.58. The molecule has 1 aliphatic heterocycles. The third-order valence-corrected chi connectivity index (χ3v) is 11.8. The van der Waals surface area contributed by atoms with Gasteiger partial charge in [-0.05, 0) is 82.0 Å². The molecule has 14 nitrogen and oxygen atoms in total. The van der Waals surface area contributed by atoms with Crippen molar-refractivity contribution in [1.82, 2.24) is 26.0 Å². The van der Waals surface area contributed by atoms with Crippen LogP contribution < -0.4 is 21.3 Å². The highest BCUT2D eigenvalue weighted by molar-refractivity contribution is 7.09. The smallest absolute Gasteiger partial charge is 0.309 e. The van der Waals surface area contributed by atoms with Gasteiger partial charge in [-0.3, -0.25) is 28.8 Å². The highest BCUT2D eigenvalue weighted by Gasteiger charge is 2.39. The lowest BCUT2D eigenvalue weighted by Gasteiger charge is -2.38. The summed E-state index contributed by atoms with van der Waals surface area (Å²) in [5.74, 6) is -2.97. The number of thiazole rings is 1. The fourth-order valence-corrected chi connectivity index (χ4v) is 7.85. The first-order valence-corrected chi connectivity index (χ1v) is 21.8. The zero-order valence-corrected chi connectivity index (χ0v) is 36.8. The first-order chi connectivity index (χ1) is 27.5. The van der Waals surface area contributed by atoms with Crippen molar-refractivity contribution < 1.29 is 38.7 Å². The van der Waals surface area contributed by atoms with Gasteiger partial charge < -0.3 is 31.1 Å². The van der Waals surface area contributed by atoms with Gasteiger partial charge in [-0.15, -0.1) is 11.3 Å². The summed E-state index contributed by atoms with van der Waals surface area (Å²) >= 11 is 1.16. The highest BCUT2D eigenvalue weighted by Crippen LogP contribution is 2.32. The molecule has 0 radical (unpaired) electrons. The van der Waals surface area contributed by atoms with Crippen molar-refractivity contribution >= 4 is 46.7 Å². The second kappa shape index (κ2) is 23.5. The Labute approximate surface area is 348 Å². The van der Waals surface area contributed by atoms with Crippen LogP contribution in [0.4, 0.5) is 5.69 Å². The summed E-state index contributed by atoms with van der Waals surface area (Å²) in [6, 6.07) is 5.35. The van der Waals surface area contributed by atoms with Crippen LogP contribution >= 0.6 is 11.3 Å². The number of amides is 3. The lowest BCUT2D eigenvalue weighted by atomic mass is 9.84. The number of aliphatic carboxylic acids is 1. The molecule has 1 aromatic carbocycles. The van der Waals surface area contributed by atoms with Crippen LogP contribution in [0.15, 0.2) is 29.6 Å². The summed E-state index contributed by atoms with van der Waals surface area (Å²) in [5.41, 5.74) is 0.836. The van der Waals surface area contributed by atoms with Crippen LogP contribution in [-0.2, 0) is 35.2 Å². The topological polar surface area (TPSA) is 188 Å². The molecule has 6 atom stereocenters. The third kappa shape index (κ3) is 14.6. The molecule has 2 aromatic rings. The number of hydroxylamine groups is 2. The first kappa shape index (κ1) is 48.3. The van der Waals surface area contributed by atoms with Gasteiger partial charge in [0.15, 0.2) is 6.10 Å². The Kier molecular flexibility index (Phi) is 19.6. The Hall–Kier alpha value is -4.08. The van der Waals surface area contributed by atoms with Crippen LogP contribution in [0.5, 0.6) is 0 Å². The van der Waals surface area contributed by atoms with E-state index in [2.05, 4.69) is 33.2 Å². The molecule has 0 spiro atoms. The van der Waals surface area contributed by atoms with Gasteiger partial charge in [0.1, 0.15) is 16.7 Å². The summed E-state index contributed by atoms with van der Waals surface area (Å²) < 4.78 is 5.86. The van der Waals surface area contributed by atoms with Crippen molar-refractivity contribution in [3.63, 3.8) is 0 Å². The number of unbranched alkanes of at least 4 members (excludes halogenated alkanes) is 2. The summed E-state index contributed by atoms with van der Waals surface area (Å²) in [7, 11) is 1.82. The van der Waals surface area contributed by atoms with Crippen molar-refractivity contribution in [3.8, 4) is 0 Å². The molecule has 1 aromatic heterocycles. The molecule has 1 saturated heterocycles. The Bertz CT molecular complexity index is 1630. The van der Waals surface area contributed by atoms with E-state index in [1.54, 1.807) is 19.2 Å². The van der Waals surface area contributed by atoms with Gasteiger partial charge in [-0.25, -0.2) is 10.0 Å². The number of hydrogen-bond donors (Lipinski definition) is 5. The van der Waals surface area contributed by atoms with E-state index in [4.69, 9.17) is 9.57 Å². The number of hydrogen-bond acceptors (Lipinski definition) is 11. The number of benzene rings is 1. The molecule has 0 unspecified atom stereocenters. The van der Waals surface area contributed by atoms with Crippen LogP contribution in [0.2, 0.25) is 0 Å². The number of rotatable bonds is 24. The molecule has 1 fully saturated rings. The average Bonchev–Trinajstić information content (AvgIpc) is 3.69. The normalized spacial score (nSPS) is 17.0. The number of piperidine rings is 1. The predicted molar refractivity (Wildman–Crippen MR) is 226 cm³/mol. The van der Waals surface area contributed by atoms with Crippen molar-refractivity contribution in [1.29, 1.82) is 0 Å². The molecule has 0 bridgehead atoms. The van der Waals surface area contributed by atoms with Gasteiger partial charge in [0.05, 0.1) is 24.1 Å². The third-order valence-electron chi connectivity index (χ3n) is 10.9. The molecular weight excluding hydrogens is 761 g/mol. The van der Waals surface area contributed by atoms with E-state index < -0.39 is 47.5 Å². The summed E-state index contributed by atoms with van der Waals surface area (Å²) in [6.07, 6.45) is 5.62. The maximum absolute atomic E-state index is 14.7. The van der Waals surface area contributed by atoms with Crippen molar-refractivity contribution in [2.24, 2.45) is 17.3 Å². The number of carbonyl (C=O) groups is 5. The average molecular weight is 829 g/mol. The number of ether oxygens (including phenoxy) is 1. The van der Waals surface area contributed by atoms with Gasteiger partial charge in [-0.1, -0.05) is 72.4 Å². The minimum absolute atomic E-state index is 0.0986. The van der Waals surface area contributed by atoms with E-state index in [1.807, 2.05) is 59.0 Å². The SMILES string of the molecule is CCCCCON(C(=O)[C@@H](NC(=O)[C@H]1CCCCN1)[C@@H](C)CC)[C@H](C[C@@H](OC(C)=O)c1nc(C(=O)N[C@@H](Cc2ccc(NC)cc2)CC(C)(C)C(=O)O)cs1)C(C)C. The number of nitrogens with one attached hydrogen (secondary N) is 4. The number of nitrogens with zero attached hydrogens (tertiary/aromatic N) is 2. The Morgan fingerprint density at radius 1 is 1.05 bits per heavy atom. The fourth-order valence-electron chi connectivity index (χ4n) is 7.01. The number of carboxylic acid groups (broad SMARTS) is 1. The van der Waals surface area contributed by atoms with Gasteiger partial charge in [-0.2, -0.15) is 0 Å². The van der Waals surface area contributed by atoms with E-state index in [1.165, 1.54) is 12.0 Å². The zero-order valence-electron chi connectivity index (χ0n) is 36.0. The van der Waals surface area contributed by atoms with Gasteiger partial charge in [0.25, 0.3) is 11.8 Å². The predicted octanol–water partition coefficient (Wildman–Crippen LogP) is 6.67. The lowest BCUT2D eigenvalue weighted by molar-refractivity contribution is -0.213. The van der Waals surface area contributed by atoms with E-state index >= 15 is 0 Å². The minimum Gasteiger partial charge on any atom is -0.481 e. The molecule has 3 amide bonds. The molecule has 324 valence electrons. The summed E-state index contributed by atoms with van der Waals surface area (Å²) in [5, 5.41) is 25.7. The number of esters is 1. The molecular formula is C43H68N6O8S. The minimum atomic E-state index is -1.12. The molecule has 58 heavy (non-hydrogen) atoms. The van der Waals surface area contributed by atoms with Crippen molar-refractivity contribution in [2.45, 2.75) is 150 Å². The molecule has 3 rings (SSSR count). The Balaban J connectivity index is 1.93. The first-order valence-electron chi connectivity index (χ1n) is 20.9. The number of anilines is 1. The number of carbonyl (C=O) groups excluding carboxylic acids is 4. The zero-order chi connectivity index (χ0) is 43.0. The molecule has 2 heterocycles. The monoisotopic (exact) mass is 828 g/mol. The van der Waals surface area contributed by atoms with Gasteiger partial charge in [0, 0.05) is 37.5 Å². The van der Waals surface area contributed by atoms with E-state index in [0.717, 1.165) is 61.2 Å². The second-order valence-corrected chi connectivity index (χ2v) is 17.4. The molecule has 5 N–H and O–H groups in total. The Morgan fingerprint density at radius 3 is 2.33 bits per heavy atom. The van der Waals surface area contributed by atoms with Crippen LogP contribution in [0, 0.1) is 17.3 Å². The largest absolute Gasteiger partial charge is 0.481 e. The molecule has 0 aliphatic carbocycles. The quantitative estimate of drug-likeness (QED) is 0.0432. The fraction of sp³-hybridized carbons (Fsp3) is 0.674. The number of carboxylic acids is 1. The molecule has 1 aliphatic rings.